The number of nitrogens with one attached hydrogen (secondary N) is 1. The van der Waals surface area contributed by atoms with Gasteiger partial charge in [0, 0.05) is 30.2 Å². The van der Waals surface area contributed by atoms with E-state index in [2.05, 4.69) is 15.5 Å². The number of nitro benzene ring substituents is 1. The van der Waals surface area contributed by atoms with Crippen molar-refractivity contribution < 1.29 is 14.2 Å². The van der Waals surface area contributed by atoms with Gasteiger partial charge in [-0.25, -0.2) is 0 Å². The fraction of sp³-hybridized carbons (Fsp3) is 0.115. The molecule has 1 amide bonds. The standard InChI is InChI=1S/C26H22N4O4/c1-18-6-5-9-21(16-18)25-28-26(34-29-25)23(17-20-7-3-2-4-8-20)27-24(31)15-12-19-10-13-22(14-11-19)30(32)33/h2-16,23H,17H2,1H3,(H,27,31)/b15-12+. The average Bonchev–Trinajstić information content (AvgIpc) is 3.34. The summed E-state index contributed by atoms with van der Waals surface area (Å²) in [5, 5.41) is 17.8. The molecule has 1 heterocycles. The van der Waals surface area contributed by atoms with Crippen LogP contribution in [0.25, 0.3) is 17.5 Å². The minimum atomic E-state index is -0.539. The molecule has 170 valence electrons. The Morgan fingerprint density at radius 2 is 1.85 bits per heavy atom. The Bertz CT molecular complexity index is 1310. The van der Waals surface area contributed by atoms with E-state index < -0.39 is 11.0 Å². The largest absolute Gasteiger partial charge is 0.340 e. The molecule has 8 nitrogen and oxygen atoms in total. The summed E-state index contributed by atoms with van der Waals surface area (Å²) < 4.78 is 5.53. The highest BCUT2D eigenvalue weighted by atomic mass is 16.6. The Balaban J connectivity index is 1.53. The number of rotatable bonds is 8. The predicted molar refractivity (Wildman–Crippen MR) is 128 cm³/mol. The van der Waals surface area contributed by atoms with Gasteiger partial charge in [-0.2, -0.15) is 4.98 Å². The van der Waals surface area contributed by atoms with E-state index in [-0.39, 0.29) is 11.6 Å². The number of nitrogens with zero attached hydrogens (tertiary/aromatic N) is 3. The molecule has 1 unspecified atom stereocenters. The van der Waals surface area contributed by atoms with Gasteiger partial charge in [0.1, 0.15) is 6.04 Å². The summed E-state index contributed by atoms with van der Waals surface area (Å²) in [6, 6.07) is 22.9. The number of aryl methyl sites for hydroxylation is 1. The smallest absolute Gasteiger partial charge is 0.269 e. The van der Waals surface area contributed by atoms with Crippen LogP contribution in [-0.4, -0.2) is 21.0 Å². The van der Waals surface area contributed by atoms with Crippen LogP contribution in [0.1, 0.15) is 28.6 Å². The molecule has 0 saturated carbocycles. The van der Waals surface area contributed by atoms with Gasteiger partial charge in [0.2, 0.25) is 17.6 Å². The molecule has 0 saturated heterocycles. The molecule has 0 spiro atoms. The fourth-order valence-corrected chi connectivity index (χ4v) is 3.43. The van der Waals surface area contributed by atoms with Gasteiger partial charge in [0.15, 0.2) is 0 Å². The zero-order valence-electron chi connectivity index (χ0n) is 18.4. The second-order valence-corrected chi connectivity index (χ2v) is 7.76. The van der Waals surface area contributed by atoms with Crippen molar-refractivity contribution in [2.45, 2.75) is 19.4 Å². The first-order valence-electron chi connectivity index (χ1n) is 10.7. The molecule has 4 rings (SSSR count). The van der Waals surface area contributed by atoms with Crippen LogP contribution >= 0.6 is 0 Å². The lowest BCUT2D eigenvalue weighted by Gasteiger charge is -2.14. The summed E-state index contributed by atoms with van der Waals surface area (Å²) >= 11 is 0. The number of aromatic nitrogens is 2. The van der Waals surface area contributed by atoms with E-state index >= 15 is 0 Å². The van der Waals surface area contributed by atoms with Crippen molar-refractivity contribution in [3.63, 3.8) is 0 Å². The molecule has 0 radical (unpaired) electrons. The van der Waals surface area contributed by atoms with Crippen molar-refractivity contribution in [3.8, 4) is 11.4 Å². The topological polar surface area (TPSA) is 111 Å². The quantitative estimate of drug-likeness (QED) is 0.226. The van der Waals surface area contributed by atoms with Crippen molar-refractivity contribution in [2.24, 2.45) is 0 Å². The third-order valence-corrected chi connectivity index (χ3v) is 5.15. The number of benzene rings is 3. The Morgan fingerprint density at radius 3 is 2.56 bits per heavy atom. The summed E-state index contributed by atoms with van der Waals surface area (Å²) in [4.78, 5) is 27.6. The maximum atomic E-state index is 12.7. The van der Waals surface area contributed by atoms with Gasteiger partial charge in [-0.05, 0) is 42.3 Å². The van der Waals surface area contributed by atoms with Gasteiger partial charge < -0.3 is 9.84 Å². The maximum absolute atomic E-state index is 12.7. The molecule has 0 aliphatic heterocycles. The third-order valence-electron chi connectivity index (χ3n) is 5.15. The number of non-ortho nitro benzene ring substituents is 1. The first-order chi connectivity index (χ1) is 16.5. The first kappa shape index (κ1) is 22.6. The van der Waals surface area contributed by atoms with Gasteiger partial charge in [0.05, 0.1) is 4.92 Å². The molecule has 0 fully saturated rings. The van der Waals surface area contributed by atoms with Gasteiger partial charge in [-0.1, -0.05) is 59.3 Å². The van der Waals surface area contributed by atoms with Crippen LogP contribution in [0.2, 0.25) is 0 Å². The van der Waals surface area contributed by atoms with E-state index in [1.165, 1.54) is 18.2 Å². The third kappa shape index (κ3) is 5.80. The van der Waals surface area contributed by atoms with Crippen molar-refractivity contribution in [2.75, 3.05) is 0 Å². The van der Waals surface area contributed by atoms with Crippen molar-refractivity contribution >= 4 is 17.7 Å². The molecule has 0 bridgehead atoms. The van der Waals surface area contributed by atoms with Crippen molar-refractivity contribution in [3.05, 3.63) is 118 Å². The first-order valence-corrected chi connectivity index (χ1v) is 10.7. The highest BCUT2D eigenvalue weighted by molar-refractivity contribution is 5.92. The molecule has 1 N–H and O–H groups in total. The van der Waals surface area contributed by atoms with Crippen LogP contribution in [0.15, 0.2) is 89.5 Å². The van der Waals surface area contributed by atoms with E-state index in [9.17, 15) is 14.9 Å². The van der Waals surface area contributed by atoms with Crippen LogP contribution in [0.5, 0.6) is 0 Å². The summed E-state index contributed by atoms with van der Waals surface area (Å²) in [5.74, 6) is 0.402. The van der Waals surface area contributed by atoms with Gasteiger partial charge in [-0.3, -0.25) is 14.9 Å². The fourth-order valence-electron chi connectivity index (χ4n) is 3.43. The Labute approximate surface area is 196 Å². The summed E-state index contributed by atoms with van der Waals surface area (Å²) in [7, 11) is 0. The molecular weight excluding hydrogens is 432 g/mol. The lowest BCUT2D eigenvalue weighted by molar-refractivity contribution is -0.384. The molecule has 4 aromatic rings. The van der Waals surface area contributed by atoms with Crippen molar-refractivity contribution in [1.82, 2.24) is 15.5 Å². The monoisotopic (exact) mass is 454 g/mol. The molecule has 3 aromatic carbocycles. The van der Waals surface area contributed by atoms with Crippen molar-refractivity contribution in [1.29, 1.82) is 0 Å². The molecule has 34 heavy (non-hydrogen) atoms. The molecule has 1 atom stereocenters. The number of amides is 1. The SMILES string of the molecule is Cc1cccc(-c2noc(C(Cc3ccccc3)NC(=O)/C=C/c3ccc([N+](=O)[O-])cc3)n2)c1. The number of hydrogen-bond acceptors (Lipinski definition) is 6. The molecule has 0 aliphatic carbocycles. The number of hydrogen-bond donors (Lipinski definition) is 1. The minimum absolute atomic E-state index is 0.00895. The highest BCUT2D eigenvalue weighted by Gasteiger charge is 2.22. The second kappa shape index (κ2) is 10.4. The summed E-state index contributed by atoms with van der Waals surface area (Å²) in [5.41, 5.74) is 3.57. The van der Waals surface area contributed by atoms with E-state index in [0.29, 0.717) is 23.7 Å². The zero-order chi connectivity index (χ0) is 23.9. The lowest BCUT2D eigenvalue weighted by Crippen LogP contribution is -2.28. The Kier molecular flexibility index (Phi) is 6.88. The van der Waals surface area contributed by atoms with Crippen LogP contribution < -0.4 is 5.32 Å². The number of carbonyl (C=O) groups excluding carboxylic acids is 1. The summed E-state index contributed by atoms with van der Waals surface area (Å²) in [6.07, 6.45) is 3.43. The number of carbonyl (C=O) groups is 1. The predicted octanol–water partition coefficient (Wildman–Crippen LogP) is 5.07. The van der Waals surface area contributed by atoms with Gasteiger partial charge in [0.25, 0.3) is 5.69 Å². The minimum Gasteiger partial charge on any atom is -0.340 e. The van der Waals surface area contributed by atoms with Crippen LogP contribution in [-0.2, 0) is 11.2 Å². The second-order valence-electron chi connectivity index (χ2n) is 7.76. The van der Waals surface area contributed by atoms with E-state index in [4.69, 9.17) is 4.52 Å². The highest BCUT2D eigenvalue weighted by Crippen LogP contribution is 2.22. The van der Waals surface area contributed by atoms with E-state index in [0.717, 1.165) is 16.7 Å². The number of nitro groups is 1. The average molecular weight is 454 g/mol. The van der Waals surface area contributed by atoms with Crippen LogP contribution in [0.4, 0.5) is 5.69 Å². The summed E-state index contributed by atoms with van der Waals surface area (Å²) in [6.45, 7) is 1.99. The van der Waals surface area contributed by atoms with E-state index in [1.54, 1.807) is 18.2 Å². The molecular formula is C26H22N4O4. The molecule has 1 aromatic heterocycles. The Hall–Kier alpha value is -4.59. The van der Waals surface area contributed by atoms with Gasteiger partial charge >= 0.3 is 0 Å². The molecule has 0 aliphatic rings. The molecule has 8 heteroatoms. The lowest BCUT2D eigenvalue weighted by atomic mass is 10.1. The van der Waals surface area contributed by atoms with Crippen LogP contribution in [0, 0.1) is 17.0 Å². The van der Waals surface area contributed by atoms with Gasteiger partial charge in [-0.15, -0.1) is 0 Å². The normalized spacial score (nSPS) is 11.9. The van der Waals surface area contributed by atoms with Crippen LogP contribution in [0.3, 0.4) is 0 Å². The van der Waals surface area contributed by atoms with E-state index in [1.807, 2.05) is 61.5 Å². The maximum Gasteiger partial charge on any atom is 0.269 e. The zero-order valence-corrected chi connectivity index (χ0v) is 18.4. The Morgan fingerprint density at radius 1 is 1.09 bits per heavy atom.